The third kappa shape index (κ3) is 3.82. The maximum Gasteiger partial charge on any atom is 0.313 e. The lowest BCUT2D eigenvalue weighted by Crippen LogP contribution is -2.34. The van der Waals surface area contributed by atoms with Crippen molar-refractivity contribution < 1.29 is 9.59 Å². The van der Waals surface area contributed by atoms with E-state index in [9.17, 15) is 9.59 Å². The molecule has 0 fully saturated rings. The Morgan fingerprint density at radius 3 is 2.70 bits per heavy atom. The number of amides is 2. The first-order valence-electron chi connectivity index (χ1n) is 5.94. The maximum atomic E-state index is 11.7. The van der Waals surface area contributed by atoms with Crippen LogP contribution < -0.4 is 10.6 Å². The fourth-order valence-corrected chi connectivity index (χ4v) is 2.34. The Kier molecular flexibility index (Phi) is 4.76. The van der Waals surface area contributed by atoms with Gasteiger partial charge in [0.25, 0.3) is 0 Å². The van der Waals surface area contributed by atoms with Gasteiger partial charge in [0, 0.05) is 15.6 Å². The van der Waals surface area contributed by atoms with E-state index in [1.165, 1.54) is 11.3 Å². The van der Waals surface area contributed by atoms with Crippen molar-refractivity contribution in [3.63, 3.8) is 0 Å². The zero-order chi connectivity index (χ0) is 14.5. The standard InChI is InChI=1S/C14H13ClN2O2S/c1-9-4-5-10(7-12(9)15)17-14(19)13(18)16-8-11-3-2-6-20-11/h2-7H,8H2,1H3,(H,16,18)(H,17,19). The second kappa shape index (κ2) is 6.54. The van der Waals surface area contributed by atoms with Gasteiger partial charge < -0.3 is 10.6 Å². The lowest BCUT2D eigenvalue weighted by Gasteiger charge is -2.07. The number of carbonyl (C=O) groups excluding carboxylic acids is 2. The van der Waals surface area contributed by atoms with Crippen LogP contribution in [0.25, 0.3) is 0 Å². The molecule has 0 saturated heterocycles. The molecule has 2 amide bonds. The van der Waals surface area contributed by atoms with E-state index in [4.69, 9.17) is 11.6 Å². The van der Waals surface area contributed by atoms with E-state index in [-0.39, 0.29) is 0 Å². The molecule has 20 heavy (non-hydrogen) atoms. The third-order valence-electron chi connectivity index (χ3n) is 2.64. The highest BCUT2D eigenvalue weighted by molar-refractivity contribution is 7.09. The molecule has 0 spiro atoms. The van der Waals surface area contributed by atoms with E-state index in [0.717, 1.165) is 10.4 Å². The first kappa shape index (κ1) is 14.6. The minimum atomic E-state index is -0.707. The molecule has 0 bridgehead atoms. The molecule has 1 aromatic heterocycles. The molecular formula is C14H13ClN2O2S. The molecule has 0 aliphatic heterocycles. The molecule has 0 saturated carbocycles. The highest BCUT2D eigenvalue weighted by atomic mass is 35.5. The number of carbonyl (C=O) groups is 2. The topological polar surface area (TPSA) is 58.2 Å². The Morgan fingerprint density at radius 1 is 1.25 bits per heavy atom. The predicted molar refractivity (Wildman–Crippen MR) is 81.0 cm³/mol. The monoisotopic (exact) mass is 308 g/mol. The van der Waals surface area contributed by atoms with Crippen LogP contribution in [0.3, 0.4) is 0 Å². The Morgan fingerprint density at radius 2 is 2.05 bits per heavy atom. The van der Waals surface area contributed by atoms with Gasteiger partial charge in [0.05, 0.1) is 6.54 Å². The van der Waals surface area contributed by atoms with E-state index >= 15 is 0 Å². The molecule has 2 N–H and O–H groups in total. The van der Waals surface area contributed by atoms with Crippen LogP contribution in [-0.4, -0.2) is 11.8 Å². The van der Waals surface area contributed by atoms with Crippen LogP contribution in [0.5, 0.6) is 0 Å². The number of hydrogen-bond donors (Lipinski definition) is 2. The van der Waals surface area contributed by atoms with Gasteiger partial charge in [0.2, 0.25) is 0 Å². The fourth-order valence-electron chi connectivity index (χ4n) is 1.52. The molecule has 1 aromatic carbocycles. The van der Waals surface area contributed by atoms with Gasteiger partial charge in [-0.2, -0.15) is 0 Å². The van der Waals surface area contributed by atoms with E-state index in [2.05, 4.69) is 10.6 Å². The fraction of sp³-hybridized carbons (Fsp3) is 0.143. The van der Waals surface area contributed by atoms with Crippen LogP contribution >= 0.6 is 22.9 Å². The van der Waals surface area contributed by atoms with E-state index in [1.807, 2.05) is 24.4 Å². The van der Waals surface area contributed by atoms with Crippen molar-refractivity contribution in [3.8, 4) is 0 Å². The summed E-state index contributed by atoms with van der Waals surface area (Å²) in [6, 6.07) is 8.87. The number of hydrogen-bond acceptors (Lipinski definition) is 3. The molecule has 2 aromatic rings. The summed E-state index contributed by atoms with van der Waals surface area (Å²) in [6.07, 6.45) is 0. The second-order valence-electron chi connectivity index (χ2n) is 4.18. The SMILES string of the molecule is Cc1ccc(NC(=O)C(=O)NCc2cccs2)cc1Cl. The van der Waals surface area contributed by atoms with E-state index < -0.39 is 11.8 Å². The summed E-state index contributed by atoms with van der Waals surface area (Å²) in [7, 11) is 0. The van der Waals surface area contributed by atoms with Gasteiger partial charge >= 0.3 is 11.8 Å². The molecule has 1 heterocycles. The summed E-state index contributed by atoms with van der Waals surface area (Å²) in [5.74, 6) is -1.38. The summed E-state index contributed by atoms with van der Waals surface area (Å²) in [5, 5.41) is 7.52. The molecule has 0 unspecified atom stereocenters. The lowest BCUT2D eigenvalue weighted by atomic mass is 10.2. The number of nitrogens with one attached hydrogen (secondary N) is 2. The van der Waals surface area contributed by atoms with Crippen LogP contribution in [0, 0.1) is 6.92 Å². The number of rotatable bonds is 3. The van der Waals surface area contributed by atoms with Gasteiger partial charge in [0.1, 0.15) is 0 Å². The van der Waals surface area contributed by atoms with Gasteiger partial charge in [-0.05, 0) is 36.1 Å². The largest absolute Gasteiger partial charge is 0.343 e. The van der Waals surface area contributed by atoms with Crippen molar-refractivity contribution in [1.82, 2.24) is 5.32 Å². The van der Waals surface area contributed by atoms with Crippen LogP contribution in [0.1, 0.15) is 10.4 Å². The number of halogens is 1. The summed E-state index contributed by atoms with van der Waals surface area (Å²) in [4.78, 5) is 24.3. The number of anilines is 1. The number of thiophene rings is 1. The lowest BCUT2D eigenvalue weighted by molar-refractivity contribution is -0.136. The maximum absolute atomic E-state index is 11.7. The van der Waals surface area contributed by atoms with Gasteiger partial charge in [-0.3, -0.25) is 9.59 Å². The summed E-state index contributed by atoms with van der Waals surface area (Å²) < 4.78 is 0. The van der Waals surface area contributed by atoms with Crippen LogP contribution in [-0.2, 0) is 16.1 Å². The highest BCUT2D eigenvalue weighted by Crippen LogP contribution is 2.19. The van der Waals surface area contributed by atoms with Crippen LogP contribution in [0.2, 0.25) is 5.02 Å². The van der Waals surface area contributed by atoms with Crippen LogP contribution in [0.4, 0.5) is 5.69 Å². The van der Waals surface area contributed by atoms with E-state index in [1.54, 1.807) is 18.2 Å². The third-order valence-corrected chi connectivity index (χ3v) is 3.92. The smallest absolute Gasteiger partial charge is 0.313 e. The normalized spacial score (nSPS) is 10.1. The van der Waals surface area contributed by atoms with Crippen molar-refractivity contribution in [2.24, 2.45) is 0 Å². The van der Waals surface area contributed by atoms with E-state index in [0.29, 0.717) is 17.3 Å². The van der Waals surface area contributed by atoms with Crippen molar-refractivity contribution in [2.75, 3.05) is 5.32 Å². The molecule has 0 aliphatic rings. The molecule has 4 nitrogen and oxygen atoms in total. The first-order valence-corrected chi connectivity index (χ1v) is 7.20. The van der Waals surface area contributed by atoms with Crippen LogP contribution in [0.15, 0.2) is 35.7 Å². The predicted octanol–water partition coefficient (Wildman–Crippen LogP) is 2.96. The molecule has 6 heteroatoms. The summed E-state index contributed by atoms with van der Waals surface area (Å²) in [5.41, 5.74) is 1.41. The molecular weight excluding hydrogens is 296 g/mol. The summed E-state index contributed by atoms with van der Waals surface area (Å²) in [6.45, 7) is 2.21. The molecule has 0 atom stereocenters. The summed E-state index contributed by atoms with van der Waals surface area (Å²) >= 11 is 7.48. The van der Waals surface area contributed by atoms with Crippen molar-refractivity contribution in [2.45, 2.75) is 13.5 Å². The van der Waals surface area contributed by atoms with Gasteiger partial charge in [-0.15, -0.1) is 11.3 Å². The number of aryl methyl sites for hydroxylation is 1. The van der Waals surface area contributed by atoms with Gasteiger partial charge in [0.15, 0.2) is 0 Å². The first-order chi connectivity index (χ1) is 9.56. The average Bonchev–Trinajstić information content (AvgIpc) is 2.93. The molecule has 2 rings (SSSR count). The minimum Gasteiger partial charge on any atom is -0.343 e. The van der Waals surface area contributed by atoms with Crippen molar-refractivity contribution in [3.05, 3.63) is 51.2 Å². The Hall–Kier alpha value is -1.85. The second-order valence-corrected chi connectivity index (χ2v) is 5.62. The Labute approximate surface area is 125 Å². The van der Waals surface area contributed by atoms with Crippen molar-refractivity contribution in [1.29, 1.82) is 0 Å². The van der Waals surface area contributed by atoms with Gasteiger partial charge in [-0.1, -0.05) is 23.7 Å². The zero-order valence-corrected chi connectivity index (χ0v) is 12.3. The Balaban J connectivity index is 1.90. The average molecular weight is 309 g/mol. The Bertz CT molecular complexity index is 626. The molecule has 104 valence electrons. The van der Waals surface area contributed by atoms with Gasteiger partial charge in [-0.25, -0.2) is 0 Å². The number of benzene rings is 1. The molecule has 0 radical (unpaired) electrons. The minimum absolute atomic E-state index is 0.346. The zero-order valence-electron chi connectivity index (χ0n) is 10.8. The molecule has 0 aliphatic carbocycles. The highest BCUT2D eigenvalue weighted by Gasteiger charge is 2.13. The quantitative estimate of drug-likeness (QED) is 0.857. The van der Waals surface area contributed by atoms with Crippen molar-refractivity contribution >= 4 is 40.4 Å².